The van der Waals surface area contributed by atoms with E-state index in [0.717, 1.165) is 25.7 Å². The van der Waals surface area contributed by atoms with Crippen molar-refractivity contribution in [3.05, 3.63) is 284 Å². The Morgan fingerprint density at radius 3 is 1.63 bits per heavy atom. The van der Waals surface area contributed by atoms with E-state index in [1.807, 2.05) is 0 Å². The van der Waals surface area contributed by atoms with Crippen LogP contribution in [-0.2, 0) is 10.8 Å². The first-order valence-electron chi connectivity index (χ1n) is 25.7. The number of fused-ring (bicyclic) bond motifs is 8. The average Bonchev–Trinajstić information content (AvgIpc) is 3.77. The monoisotopic (exact) mass is 900 g/mol. The SMILES string of the molecule is C=CC1C(C2=CC=C(c3ccc4c(c3)C(C)(C)c3cc(C5=c6ccccc6=C(C6=CC7=C(CC6)c6ccccc6C7(C)C)C6C=CC=CC56)ccc3-4)CC2)=c2ccccc2=C(c2ccccc2)C1C=C. The number of benzene rings is 6. The molecule has 6 aromatic rings. The van der Waals surface area contributed by atoms with Crippen molar-refractivity contribution in [2.24, 2.45) is 23.7 Å². The number of rotatable bonds is 7. The minimum Gasteiger partial charge on any atom is -0.102 e. The van der Waals surface area contributed by atoms with Gasteiger partial charge in [-0.15, -0.1) is 13.2 Å². The van der Waals surface area contributed by atoms with Gasteiger partial charge in [0.15, 0.2) is 0 Å². The van der Waals surface area contributed by atoms with E-state index in [4.69, 9.17) is 0 Å². The smallest absolute Gasteiger partial charge is 0.0159 e. The highest BCUT2D eigenvalue weighted by Crippen LogP contribution is 2.54. The average molecular weight is 901 g/mol. The third-order valence-corrected chi connectivity index (χ3v) is 17.5. The molecule has 0 radical (unpaired) electrons. The summed E-state index contributed by atoms with van der Waals surface area (Å²) in [6, 6.07) is 53.0. The quantitative estimate of drug-likeness (QED) is 0.140. The van der Waals surface area contributed by atoms with Crippen LogP contribution in [0.25, 0.3) is 44.6 Å². The number of allylic oxidation sites excluding steroid dienone is 14. The zero-order valence-electron chi connectivity index (χ0n) is 41.0. The lowest BCUT2D eigenvalue weighted by Gasteiger charge is -2.36. The Bertz CT molecular complexity index is 3750. The molecule has 0 saturated carbocycles. The van der Waals surface area contributed by atoms with E-state index in [2.05, 4.69) is 235 Å². The van der Waals surface area contributed by atoms with Gasteiger partial charge in [-0.3, -0.25) is 0 Å². The molecule has 6 aromatic carbocycles. The van der Waals surface area contributed by atoms with Gasteiger partial charge in [-0.25, -0.2) is 0 Å². The zero-order valence-corrected chi connectivity index (χ0v) is 41.0. The molecule has 4 atom stereocenters. The first kappa shape index (κ1) is 42.8. The topological polar surface area (TPSA) is 0 Å². The second kappa shape index (κ2) is 16.1. The summed E-state index contributed by atoms with van der Waals surface area (Å²) in [5.74, 6) is 0.809. The minimum absolute atomic E-state index is 0.00531. The third kappa shape index (κ3) is 6.28. The summed E-state index contributed by atoms with van der Waals surface area (Å²) in [5.41, 5.74) is 25.4. The molecule has 0 heteroatoms. The van der Waals surface area contributed by atoms with Crippen LogP contribution < -0.4 is 20.9 Å². The lowest BCUT2D eigenvalue weighted by Crippen LogP contribution is -2.40. The molecular formula is C70H60. The van der Waals surface area contributed by atoms with Crippen LogP contribution in [0.5, 0.6) is 0 Å². The first-order chi connectivity index (χ1) is 34.2. The number of hydrogen-bond donors (Lipinski definition) is 0. The molecule has 4 unspecified atom stereocenters. The minimum atomic E-state index is -0.157. The maximum atomic E-state index is 4.42. The van der Waals surface area contributed by atoms with E-state index in [9.17, 15) is 0 Å². The predicted molar refractivity (Wildman–Crippen MR) is 295 cm³/mol. The van der Waals surface area contributed by atoms with Crippen molar-refractivity contribution in [2.45, 2.75) is 64.2 Å². The van der Waals surface area contributed by atoms with Gasteiger partial charge in [-0.2, -0.15) is 0 Å². The maximum Gasteiger partial charge on any atom is 0.0159 e. The first-order valence-corrected chi connectivity index (χ1v) is 25.7. The standard InChI is InChI=1S/C70H60/c1-7-49-50(8-2)66(56-24-13-12-23-55(56)65(49)44-20-10-9-11-21-44)45-32-30-43(31-33-45)46-34-37-53-54-39-36-48(42-64(54)70(5,6)62(53)40-46)68-59-27-16-14-25-57(59)67(58-26-15-17-28-60(58)68)47-35-38-52-51-22-18-19-29-61(51)69(3,4)63(52)41-47/h7-30,32,34,36-37,39-42,49-50,57,59H,1-2,31,33,35,38H2,3-6H3. The molecule has 0 amide bonds. The highest BCUT2D eigenvalue weighted by Gasteiger charge is 2.41. The maximum absolute atomic E-state index is 4.42. The molecule has 70 heavy (non-hydrogen) atoms. The lowest BCUT2D eigenvalue weighted by molar-refractivity contribution is 0.646. The molecule has 0 saturated heterocycles. The highest BCUT2D eigenvalue weighted by molar-refractivity contribution is 5.90. The van der Waals surface area contributed by atoms with Crippen molar-refractivity contribution in [2.75, 3.05) is 0 Å². The van der Waals surface area contributed by atoms with Crippen LogP contribution in [0.3, 0.4) is 0 Å². The molecule has 0 N–H and O–H groups in total. The molecule has 7 aliphatic carbocycles. The second-order valence-corrected chi connectivity index (χ2v) is 21.7. The van der Waals surface area contributed by atoms with Gasteiger partial charge >= 0.3 is 0 Å². The van der Waals surface area contributed by atoms with Gasteiger partial charge < -0.3 is 0 Å². The van der Waals surface area contributed by atoms with Gasteiger partial charge in [-0.05, 0) is 159 Å². The van der Waals surface area contributed by atoms with Crippen molar-refractivity contribution in [3.8, 4) is 11.1 Å². The molecule has 340 valence electrons. The molecule has 13 rings (SSSR count). The Morgan fingerprint density at radius 2 is 0.957 bits per heavy atom. The molecule has 0 bridgehead atoms. The summed E-state index contributed by atoms with van der Waals surface area (Å²) in [7, 11) is 0. The van der Waals surface area contributed by atoms with Crippen molar-refractivity contribution < 1.29 is 0 Å². The fourth-order valence-electron chi connectivity index (χ4n) is 14.2. The van der Waals surface area contributed by atoms with Crippen LogP contribution >= 0.6 is 0 Å². The fraction of sp³-hybridized carbons (Fsp3) is 0.200. The van der Waals surface area contributed by atoms with Crippen molar-refractivity contribution in [1.82, 2.24) is 0 Å². The number of hydrogen-bond acceptors (Lipinski definition) is 0. The summed E-state index contributed by atoms with van der Waals surface area (Å²) in [4.78, 5) is 0. The van der Waals surface area contributed by atoms with Crippen LogP contribution in [-0.4, -0.2) is 0 Å². The molecular weight excluding hydrogens is 841 g/mol. The van der Waals surface area contributed by atoms with Crippen LogP contribution in [0.15, 0.2) is 224 Å². The van der Waals surface area contributed by atoms with Crippen LogP contribution in [0.2, 0.25) is 0 Å². The van der Waals surface area contributed by atoms with Crippen LogP contribution in [0.4, 0.5) is 0 Å². The van der Waals surface area contributed by atoms with Gasteiger partial charge in [0.2, 0.25) is 0 Å². The molecule has 0 aromatic heterocycles. The lowest BCUT2D eigenvalue weighted by atomic mass is 9.67. The summed E-state index contributed by atoms with van der Waals surface area (Å²) in [6.45, 7) is 18.5. The zero-order chi connectivity index (χ0) is 47.5. The normalized spacial score (nSPS) is 22.9. The molecule has 0 nitrogen and oxygen atoms in total. The van der Waals surface area contributed by atoms with Gasteiger partial charge in [0.05, 0.1) is 0 Å². The van der Waals surface area contributed by atoms with E-state index in [1.54, 1.807) is 5.57 Å². The van der Waals surface area contributed by atoms with E-state index >= 15 is 0 Å². The Hall–Kier alpha value is -7.28. The largest absolute Gasteiger partial charge is 0.102 e. The highest BCUT2D eigenvalue weighted by atomic mass is 14.4. The summed E-state index contributed by atoms with van der Waals surface area (Å²) < 4.78 is 0. The van der Waals surface area contributed by atoms with E-state index in [0.29, 0.717) is 0 Å². The van der Waals surface area contributed by atoms with Gasteiger partial charge in [0.25, 0.3) is 0 Å². The van der Waals surface area contributed by atoms with E-state index in [1.165, 1.54) is 116 Å². The summed E-state index contributed by atoms with van der Waals surface area (Å²) >= 11 is 0. The van der Waals surface area contributed by atoms with Gasteiger partial charge in [-0.1, -0.05) is 210 Å². The van der Waals surface area contributed by atoms with E-state index in [-0.39, 0.29) is 34.5 Å². The Balaban J connectivity index is 0.878. The fourth-order valence-corrected chi connectivity index (χ4v) is 14.2. The third-order valence-electron chi connectivity index (χ3n) is 17.5. The van der Waals surface area contributed by atoms with Crippen molar-refractivity contribution in [3.63, 3.8) is 0 Å². The van der Waals surface area contributed by atoms with Gasteiger partial charge in [0, 0.05) is 34.5 Å². The molecule has 0 aliphatic heterocycles. The van der Waals surface area contributed by atoms with E-state index < -0.39 is 0 Å². The summed E-state index contributed by atoms with van der Waals surface area (Å²) in [5, 5.41) is 5.40. The Morgan fingerprint density at radius 1 is 0.429 bits per heavy atom. The Labute approximate surface area is 414 Å². The second-order valence-electron chi connectivity index (χ2n) is 21.7. The van der Waals surface area contributed by atoms with Crippen LogP contribution in [0.1, 0.15) is 92.3 Å². The molecule has 0 fully saturated rings. The summed E-state index contributed by atoms with van der Waals surface area (Å²) in [6.07, 6.45) is 25.4. The molecule has 0 spiro atoms. The van der Waals surface area contributed by atoms with Crippen molar-refractivity contribution in [1.29, 1.82) is 0 Å². The van der Waals surface area contributed by atoms with Crippen molar-refractivity contribution >= 4 is 33.4 Å². The molecule has 7 aliphatic rings. The Kier molecular flexibility index (Phi) is 9.87. The van der Waals surface area contributed by atoms with Crippen LogP contribution in [0, 0.1) is 23.7 Å². The van der Waals surface area contributed by atoms with Gasteiger partial charge in [0.1, 0.15) is 0 Å². The predicted octanol–water partition coefficient (Wildman–Crippen LogP) is 14.0. The molecule has 0 heterocycles.